The van der Waals surface area contributed by atoms with E-state index < -0.39 is 27.9 Å². The van der Waals surface area contributed by atoms with Crippen molar-refractivity contribution in [3.8, 4) is 0 Å². The number of sulfonamides is 1. The fourth-order valence-electron chi connectivity index (χ4n) is 2.43. The van der Waals surface area contributed by atoms with E-state index in [2.05, 4.69) is 4.72 Å². The molecule has 1 aromatic carbocycles. The Morgan fingerprint density at radius 1 is 1.55 bits per heavy atom. The number of hydrogen-bond acceptors (Lipinski definition) is 4. The van der Waals surface area contributed by atoms with Crippen molar-refractivity contribution in [2.45, 2.75) is 30.7 Å². The van der Waals surface area contributed by atoms with Crippen molar-refractivity contribution >= 4 is 16.0 Å². The highest BCUT2D eigenvalue weighted by atomic mass is 32.2. The summed E-state index contributed by atoms with van der Waals surface area (Å²) >= 11 is 0. The first kappa shape index (κ1) is 16.9. The van der Waals surface area contributed by atoms with Crippen LogP contribution in [-0.4, -0.2) is 38.7 Å². The van der Waals surface area contributed by atoms with E-state index in [4.69, 9.17) is 4.74 Å². The van der Waals surface area contributed by atoms with Gasteiger partial charge >= 0.3 is 5.97 Å². The fourth-order valence-corrected chi connectivity index (χ4v) is 3.89. The van der Waals surface area contributed by atoms with Crippen molar-refractivity contribution in [1.82, 2.24) is 4.72 Å². The Morgan fingerprint density at radius 3 is 2.86 bits per heavy atom. The third-order valence-corrected chi connectivity index (χ3v) is 5.31. The Kier molecular flexibility index (Phi) is 5.15. The molecule has 2 rings (SSSR count). The Hall–Kier alpha value is -1.51. The first-order valence-corrected chi connectivity index (χ1v) is 8.37. The highest BCUT2D eigenvalue weighted by molar-refractivity contribution is 7.89. The number of carboxylic acids is 1. The zero-order chi connectivity index (χ0) is 16.3. The Morgan fingerprint density at radius 2 is 2.27 bits per heavy atom. The topological polar surface area (TPSA) is 92.7 Å². The summed E-state index contributed by atoms with van der Waals surface area (Å²) < 4.78 is 45.5. The quantitative estimate of drug-likeness (QED) is 0.819. The molecule has 0 radical (unpaired) electrons. The lowest BCUT2D eigenvalue weighted by molar-refractivity contribution is -0.139. The monoisotopic (exact) mass is 331 g/mol. The molecule has 0 spiro atoms. The lowest BCUT2D eigenvalue weighted by Crippen LogP contribution is -2.42. The predicted molar refractivity (Wildman–Crippen MR) is 76.4 cm³/mol. The minimum absolute atomic E-state index is 0.00240. The van der Waals surface area contributed by atoms with Crippen LogP contribution >= 0.6 is 0 Å². The molecule has 6 nitrogen and oxygen atoms in total. The van der Waals surface area contributed by atoms with E-state index in [0.717, 1.165) is 6.07 Å². The molecule has 1 aliphatic heterocycles. The van der Waals surface area contributed by atoms with Gasteiger partial charge in [-0.25, -0.2) is 12.8 Å². The van der Waals surface area contributed by atoms with E-state index in [1.807, 2.05) is 0 Å². The molecule has 0 aromatic heterocycles. The molecule has 8 heteroatoms. The average molecular weight is 331 g/mol. The van der Waals surface area contributed by atoms with Gasteiger partial charge in [0.1, 0.15) is 11.9 Å². The number of carbonyl (C=O) groups is 1. The van der Waals surface area contributed by atoms with Crippen molar-refractivity contribution < 1.29 is 27.4 Å². The van der Waals surface area contributed by atoms with Gasteiger partial charge in [-0.1, -0.05) is 6.07 Å². The number of benzene rings is 1. The van der Waals surface area contributed by atoms with Crippen LogP contribution in [0.15, 0.2) is 23.1 Å². The molecule has 1 fully saturated rings. The minimum atomic E-state index is -4.11. The average Bonchev–Trinajstić information content (AvgIpc) is 2.93. The van der Waals surface area contributed by atoms with Crippen molar-refractivity contribution in [3.05, 3.63) is 29.6 Å². The first-order chi connectivity index (χ1) is 10.3. The zero-order valence-corrected chi connectivity index (χ0v) is 12.9. The number of ether oxygens (including phenoxy) is 1. The largest absolute Gasteiger partial charge is 0.480 e. The fraction of sp³-hybridized carbons (Fsp3) is 0.500. The molecule has 0 saturated carbocycles. The number of carboxylic acid groups (broad SMARTS) is 1. The van der Waals surface area contributed by atoms with Crippen LogP contribution < -0.4 is 4.72 Å². The Labute approximate surface area is 128 Å². The molecule has 122 valence electrons. The summed E-state index contributed by atoms with van der Waals surface area (Å²) in [5.41, 5.74) is -0.0386. The smallest absolute Gasteiger partial charge is 0.321 e. The first-order valence-electron chi connectivity index (χ1n) is 6.89. The molecule has 22 heavy (non-hydrogen) atoms. The van der Waals surface area contributed by atoms with Gasteiger partial charge in [-0.05, 0) is 37.8 Å². The summed E-state index contributed by atoms with van der Waals surface area (Å²) in [7, 11) is -4.11. The molecular weight excluding hydrogens is 313 g/mol. The summed E-state index contributed by atoms with van der Waals surface area (Å²) in [6.07, 6.45) is 0.841. The predicted octanol–water partition coefficient (Wildman–Crippen LogP) is 1.29. The maximum absolute atomic E-state index is 13.5. The van der Waals surface area contributed by atoms with E-state index in [1.165, 1.54) is 19.1 Å². The van der Waals surface area contributed by atoms with Gasteiger partial charge in [0.2, 0.25) is 10.0 Å². The van der Waals surface area contributed by atoms with E-state index in [1.54, 1.807) is 0 Å². The summed E-state index contributed by atoms with van der Waals surface area (Å²) in [4.78, 5) is 11.1. The summed E-state index contributed by atoms with van der Waals surface area (Å²) in [5, 5.41) is 9.23. The zero-order valence-electron chi connectivity index (χ0n) is 12.1. The van der Waals surface area contributed by atoms with Crippen LogP contribution in [0.25, 0.3) is 0 Å². The van der Waals surface area contributed by atoms with Gasteiger partial charge in [-0.2, -0.15) is 4.72 Å². The highest BCUT2D eigenvalue weighted by Gasteiger charge is 2.30. The molecule has 0 bridgehead atoms. The minimum Gasteiger partial charge on any atom is -0.480 e. The number of aliphatic carboxylic acids is 1. The number of halogens is 1. The van der Waals surface area contributed by atoms with Gasteiger partial charge in [0.25, 0.3) is 0 Å². The van der Waals surface area contributed by atoms with Gasteiger partial charge < -0.3 is 9.84 Å². The Balaban J connectivity index is 2.20. The van der Waals surface area contributed by atoms with E-state index >= 15 is 0 Å². The molecule has 0 amide bonds. The normalized spacial score (nSPS) is 20.0. The van der Waals surface area contributed by atoms with Crippen molar-refractivity contribution in [2.75, 3.05) is 13.2 Å². The molecule has 1 saturated heterocycles. The van der Waals surface area contributed by atoms with Crippen LogP contribution in [-0.2, 0) is 19.6 Å². The van der Waals surface area contributed by atoms with Gasteiger partial charge in [0.15, 0.2) is 0 Å². The summed E-state index contributed by atoms with van der Waals surface area (Å²) in [6.45, 7) is 2.31. The molecule has 1 aliphatic rings. The van der Waals surface area contributed by atoms with Crippen LogP contribution in [0.3, 0.4) is 0 Å². The van der Waals surface area contributed by atoms with Gasteiger partial charge in [0, 0.05) is 18.8 Å². The van der Waals surface area contributed by atoms with Crippen LogP contribution in [0.1, 0.15) is 18.4 Å². The molecule has 2 unspecified atom stereocenters. The maximum Gasteiger partial charge on any atom is 0.321 e. The van der Waals surface area contributed by atoms with Gasteiger partial charge in [0.05, 0.1) is 4.90 Å². The van der Waals surface area contributed by atoms with E-state index in [9.17, 15) is 22.7 Å². The molecule has 1 heterocycles. The maximum atomic E-state index is 13.5. The van der Waals surface area contributed by atoms with Crippen LogP contribution in [0.5, 0.6) is 0 Å². The lowest BCUT2D eigenvalue weighted by atomic mass is 10.00. The molecule has 0 aliphatic carbocycles. The van der Waals surface area contributed by atoms with Crippen molar-refractivity contribution in [1.29, 1.82) is 0 Å². The van der Waals surface area contributed by atoms with Crippen LogP contribution in [0, 0.1) is 18.7 Å². The van der Waals surface area contributed by atoms with E-state index in [-0.39, 0.29) is 22.8 Å². The lowest BCUT2D eigenvalue weighted by Gasteiger charge is -2.18. The molecule has 1 aromatic rings. The van der Waals surface area contributed by atoms with Gasteiger partial charge in [-0.3, -0.25) is 4.79 Å². The second-order valence-electron chi connectivity index (χ2n) is 5.34. The summed E-state index contributed by atoms with van der Waals surface area (Å²) in [5.74, 6) is -1.92. The number of rotatable bonds is 6. The molecular formula is C14H18FNO5S. The second kappa shape index (κ2) is 6.72. The van der Waals surface area contributed by atoms with Crippen molar-refractivity contribution in [3.63, 3.8) is 0 Å². The molecule has 2 N–H and O–H groups in total. The Bertz CT molecular complexity index is 655. The third-order valence-electron chi connectivity index (χ3n) is 3.70. The highest BCUT2D eigenvalue weighted by Crippen LogP contribution is 2.21. The number of nitrogens with one attached hydrogen (secondary N) is 1. The molecule has 2 atom stereocenters. The second-order valence-corrected chi connectivity index (χ2v) is 7.02. The van der Waals surface area contributed by atoms with Gasteiger partial charge in [-0.15, -0.1) is 0 Å². The standard InChI is InChI=1S/C14H18FNO5S/c1-9-11(15)3-2-4-13(9)22(19,20)16-12(14(17)18)7-10-5-6-21-8-10/h2-4,10,12,16H,5-8H2,1H3,(H,17,18). The third kappa shape index (κ3) is 3.82. The van der Waals surface area contributed by atoms with Crippen LogP contribution in [0.2, 0.25) is 0 Å². The van der Waals surface area contributed by atoms with Crippen molar-refractivity contribution in [2.24, 2.45) is 5.92 Å². The van der Waals surface area contributed by atoms with E-state index in [0.29, 0.717) is 19.6 Å². The SMILES string of the molecule is Cc1c(F)cccc1S(=O)(=O)NC(CC1CCOC1)C(=O)O. The van der Waals surface area contributed by atoms with Crippen LogP contribution in [0.4, 0.5) is 4.39 Å². The summed E-state index contributed by atoms with van der Waals surface area (Å²) in [6, 6.07) is 2.41. The number of hydrogen-bond donors (Lipinski definition) is 2.